The predicted molar refractivity (Wildman–Crippen MR) is 52.5 cm³/mol. The summed E-state index contributed by atoms with van der Waals surface area (Å²) in [6, 6.07) is 6.98. The topological polar surface area (TPSA) is 23.1 Å². The average Bonchev–Trinajstić information content (AvgIpc) is 2.63. The summed E-state index contributed by atoms with van der Waals surface area (Å²) in [5.74, 6) is 0.118. The van der Waals surface area contributed by atoms with E-state index in [1.807, 2.05) is 31.2 Å². The first-order chi connectivity index (χ1) is 6.70. The Morgan fingerprint density at radius 1 is 1.29 bits per heavy atom. The van der Waals surface area contributed by atoms with Gasteiger partial charge in [-0.3, -0.25) is 0 Å². The van der Waals surface area contributed by atoms with Crippen molar-refractivity contribution in [3.63, 3.8) is 0 Å². The molecular formula is C12H12FeO. The molecule has 0 atom stereocenters. The van der Waals surface area contributed by atoms with Crippen molar-refractivity contribution in [1.29, 1.82) is 0 Å². The van der Waals surface area contributed by atoms with Crippen molar-refractivity contribution in [2.45, 2.75) is 13.3 Å². The Kier molecular flexibility index (Phi) is 4.51. The van der Waals surface area contributed by atoms with Crippen LogP contribution >= 0.6 is 0 Å². The van der Waals surface area contributed by atoms with Crippen LogP contribution in [0.15, 0.2) is 47.0 Å². The molecule has 1 aromatic rings. The third-order valence-corrected chi connectivity index (χ3v) is 2.22. The van der Waals surface area contributed by atoms with Crippen molar-refractivity contribution in [3.05, 3.63) is 52.5 Å². The van der Waals surface area contributed by atoms with Gasteiger partial charge in [-0.1, -0.05) is 29.8 Å². The van der Waals surface area contributed by atoms with E-state index >= 15 is 0 Å². The van der Waals surface area contributed by atoms with Crippen molar-refractivity contribution in [2.24, 2.45) is 0 Å². The Morgan fingerprint density at radius 3 is 2.29 bits per heavy atom. The summed E-state index contributed by atoms with van der Waals surface area (Å²) < 4.78 is 1.22. The van der Waals surface area contributed by atoms with E-state index in [1.165, 1.54) is 4.47 Å². The molecule has 0 fully saturated rings. The van der Waals surface area contributed by atoms with E-state index in [2.05, 4.69) is 22.1 Å². The molecule has 0 aromatic heterocycles. The van der Waals surface area contributed by atoms with Crippen LogP contribution < -0.4 is 5.11 Å². The molecule has 0 unspecified atom stereocenters. The summed E-state index contributed by atoms with van der Waals surface area (Å²) in [5, 5.41) is 10.6. The number of hydrogen-bond donors (Lipinski definition) is 0. The van der Waals surface area contributed by atoms with Crippen LogP contribution in [-0.2, 0) is 16.0 Å². The Hall–Kier alpha value is -0.981. The van der Waals surface area contributed by atoms with Crippen LogP contribution in [-0.4, -0.2) is 0 Å². The van der Waals surface area contributed by atoms with Crippen molar-refractivity contribution < 1.29 is 21.1 Å². The number of aryl methyl sites for hydroxylation is 1. The fourth-order valence-electron chi connectivity index (χ4n) is 0.972. The van der Waals surface area contributed by atoms with Gasteiger partial charge in [-0.15, -0.1) is 5.75 Å². The number of allylic oxidation sites excluding steroid dienone is 4. The molecule has 0 aliphatic heterocycles. The maximum atomic E-state index is 10.6. The maximum absolute atomic E-state index is 10.6. The van der Waals surface area contributed by atoms with E-state index in [0.29, 0.717) is 0 Å². The summed E-state index contributed by atoms with van der Waals surface area (Å²) in [6.45, 7) is 1.81. The zero-order valence-corrected chi connectivity index (χ0v) is 9.11. The zero-order chi connectivity index (χ0) is 10.4. The Morgan fingerprint density at radius 2 is 2.00 bits per heavy atom. The minimum atomic E-state index is 0.118. The van der Waals surface area contributed by atoms with Gasteiger partial charge in [-0.2, -0.15) is 0 Å². The molecule has 0 radical (unpaired) electrons. The Balaban J connectivity index is 0.000000146. The molecule has 0 N–H and O–H groups in total. The predicted octanol–water partition coefficient (Wildman–Crippen LogP) is 2.45. The molecule has 0 bridgehead atoms. The van der Waals surface area contributed by atoms with E-state index < -0.39 is 0 Å². The molecule has 0 saturated heterocycles. The van der Waals surface area contributed by atoms with Gasteiger partial charge in [0, 0.05) is 0 Å². The summed E-state index contributed by atoms with van der Waals surface area (Å²) in [4.78, 5) is 0. The summed E-state index contributed by atoms with van der Waals surface area (Å²) >= 11 is 3.74. The normalized spacial score (nSPS) is 13.1. The average molecular weight is 228 g/mol. The molecule has 2 heteroatoms. The Labute approximate surface area is 93.0 Å². The van der Waals surface area contributed by atoms with Crippen LogP contribution in [0.3, 0.4) is 0 Å². The number of para-hydroxylation sites is 1. The molecule has 74 valence electrons. The van der Waals surface area contributed by atoms with E-state index in [-0.39, 0.29) is 5.75 Å². The first kappa shape index (κ1) is 11.1. The van der Waals surface area contributed by atoms with Gasteiger partial charge in [0.1, 0.15) is 0 Å². The number of rotatable bonds is 0. The first-order valence-corrected chi connectivity index (χ1v) is 4.98. The first-order valence-electron chi connectivity index (χ1n) is 4.43. The molecule has 2 rings (SSSR count). The van der Waals surface area contributed by atoms with Crippen LogP contribution in [0.1, 0.15) is 12.0 Å². The van der Waals surface area contributed by atoms with Crippen LogP contribution in [0.25, 0.3) is 0 Å². The second-order valence-corrected chi connectivity index (χ2v) is 3.70. The van der Waals surface area contributed by atoms with Crippen LogP contribution in [0.4, 0.5) is 0 Å². The molecule has 1 nitrogen and oxygen atoms in total. The summed E-state index contributed by atoms with van der Waals surface area (Å²) in [5.41, 5.74) is 0.813. The number of hydrogen-bond acceptors (Lipinski definition) is 1. The fourth-order valence-corrected chi connectivity index (χ4v) is 1.21. The zero-order valence-electron chi connectivity index (χ0n) is 8.01. The van der Waals surface area contributed by atoms with Gasteiger partial charge < -0.3 is 5.11 Å². The van der Waals surface area contributed by atoms with Gasteiger partial charge in [0.05, 0.1) is 0 Å². The van der Waals surface area contributed by atoms with Crippen LogP contribution in [0.5, 0.6) is 5.75 Å². The second kappa shape index (κ2) is 5.69. The van der Waals surface area contributed by atoms with Crippen LogP contribution in [0, 0.1) is 6.92 Å². The monoisotopic (exact) mass is 228 g/mol. The van der Waals surface area contributed by atoms with Gasteiger partial charge >= 0.3 is 45.1 Å². The van der Waals surface area contributed by atoms with E-state index in [1.54, 1.807) is 12.1 Å². The minimum absolute atomic E-state index is 0.118. The molecule has 14 heavy (non-hydrogen) atoms. The summed E-state index contributed by atoms with van der Waals surface area (Å²) in [6.07, 6.45) is 7.21. The SMILES string of the molecule is Cc1ccccc1[O-].[Fe+][C]1=CC=CC1. The fraction of sp³-hybridized carbons (Fsp3) is 0.167. The Bertz CT molecular complexity index is 332. The summed E-state index contributed by atoms with van der Waals surface area (Å²) in [7, 11) is 0. The molecule has 0 amide bonds. The van der Waals surface area contributed by atoms with Crippen molar-refractivity contribution in [3.8, 4) is 5.75 Å². The van der Waals surface area contributed by atoms with Gasteiger partial charge in [0.2, 0.25) is 0 Å². The van der Waals surface area contributed by atoms with Crippen LogP contribution in [0.2, 0.25) is 0 Å². The van der Waals surface area contributed by atoms with Crippen molar-refractivity contribution in [2.75, 3.05) is 0 Å². The standard InChI is InChI=1S/C7H8O.C5H5.Fe/c1-6-4-2-3-5-7(6)8;1-2-4-5-3-1;/h2-5,8H,1H3;1-3H,4H2;/q;;+1/p-1. The van der Waals surface area contributed by atoms with Gasteiger partial charge in [0.25, 0.3) is 0 Å². The molecule has 0 heterocycles. The van der Waals surface area contributed by atoms with E-state index in [4.69, 9.17) is 0 Å². The third kappa shape index (κ3) is 3.82. The van der Waals surface area contributed by atoms with Crippen molar-refractivity contribution >= 4 is 0 Å². The number of benzene rings is 1. The molecule has 0 saturated carbocycles. The van der Waals surface area contributed by atoms with E-state index in [9.17, 15) is 5.11 Å². The molecular weight excluding hydrogens is 216 g/mol. The molecule has 0 spiro atoms. The quantitative estimate of drug-likeness (QED) is 0.625. The van der Waals surface area contributed by atoms with E-state index in [0.717, 1.165) is 12.0 Å². The molecule has 1 aliphatic carbocycles. The van der Waals surface area contributed by atoms with Gasteiger partial charge in [0.15, 0.2) is 0 Å². The third-order valence-electron chi connectivity index (χ3n) is 1.81. The van der Waals surface area contributed by atoms with Crippen molar-refractivity contribution in [1.82, 2.24) is 0 Å². The molecule has 1 aliphatic rings. The second-order valence-electron chi connectivity index (χ2n) is 3.00. The van der Waals surface area contributed by atoms with Gasteiger partial charge in [-0.05, 0) is 6.92 Å². The van der Waals surface area contributed by atoms with Gasteiger partial charge in [-0.25, -0.2) is 0 Å². The molecule has 1 aromatic carbocycles.